The minimum atomic E-state index is -0.739. The molecule has 3 amide bonds. The predicted octanol–water partition coefficient (Wildman–Crippen LogP) is 3.94. The molecule has 0 saturated carbocycles. The zero-order valence-electron chi connectivity index (χ0n) is 15.6. The van der Waals surface area contributed by atoms with Crippen molar-refractivity contribution in [2.75, 3.05) is 5.88 Å². The topological polar surface area (TPSA) is 83.6 Å². The number of primary amides is 1. The van der Waals surface area contributed by atoms with E-state index in [9.17, 15) is 14.7 Å². The lowest BCUT2D eigenvalue weighted by molar-refractivity contribution is -0.122. The first-order valence-electron chi connectivity index (χ1n) is 8.16. The maximum atomic E-state index is 12.3. The summed E-state index contributed by atoms with van der Waals surface area (Å²) in [4.78, 5) is 25.0. The van der Waals surface area contributed by atoms with Crippen LogP contribution in [0.2, 0.25) is 0 Å². The van der Waals surface area contributed by atoms with Crippen molar-refractivity contribution in [2.24, 2.45) is 5.73 Å². The van der Waals surface area contributed by atoms with Crippen LogP contribution in [-0.2, 0) is 15.6 Å². The number of thioether (sulfide) groups is 1. The summed E-state index contributed by atoms with van der Waals surface area (Å²) in [7, 11) is 0. The monoisotopic (exact) mass is 362 g/mol. The van der Waals surface area contributed by atoms with E-state index in [0.717, 1.165) is 21.6 Å². The van der Waals surface area contributed by atoms with Crippen molar-refractivity contribution >= 4 is 29.8 Å². The molecule has 0 unspecified atom stereocenters. The average Bonchev–Trinajstić information content (AvgIpc) is 2.79. The largest absolute Gasteiger partial charge is 0.507 e. The predicted molar refractivity (Wildman–Crippen MR) is 102 cm³/mol. The molecule has 0 atom stereocenters. The van der Waals surface area contributed by atoms with Gasteiger partial charge in [0.05, 0.1) is 10.8 Å². The highest BCUT2D eigenvalue weighted by molar-refractivity contribution is 8.04. The summed E-state index contributed by atoms with van der Waals surface area (Å²) in [5.74, 6) is 0.155. The lowest BCUT2D eigenvalue weighted by Gasteiger charge is -2.28. The van der Waals surface area contributed by atoms with E-state index >= 15 is 0 Å². The molecule has 1 heterocycles. The third-order valence-electron chi connectivity index (χ3n) is 4.12. The van der Waals surface area contributed by atoms with Gasteiger partial charge < -0.3 is 10.8 Å². The van der Waals surface area contributed by atoms with Crippen molar-refractivity contribution in [3.63, 3.8) is 0 Å². The van der Waals surface area contributed by atoms with E-state index in [1.54, 1.807) is 6.08 Å². The SMILES string of the molecule is CC(C)(C)c1cc(/C=C2\SCN(C(N)=O)C2=O)cc(C(C)(C)C)c1O. The number of urea groups is 1. The highest BCUT2D eigenvalue weighted by Crippen LogP contribution is 2.41. The number of hydrogen-bond donors (Lipinski definition) is 2. The van der Waals surface area contributed by atoms with Crippen LogP contribution in [-0.4, -0.2) is 27.8 Å². The molecule has 0 aliphatic carbocycles. The Morgan fingerprint density at radius 2 is 1.64 bits per heavy atom. The first-order valence-corrected chi connectivity index (χ1v) is 9.14. The zero-order chi connectivity index (χ0) is 19.2. The number of rotatable bonds is 1. The fourth-order valence-corrected chi connectivity index (χ4v) is 3.66. The van der Waals surface area contributed by atoms with Gasteiger partial charge in [0, 0.05) is 11.1 Å². The second-order valence-electron chi connectivity index (χ2n) is 8.32. The number of nitrogens with two attached hydrogens (primary N) is 1. The molecule has 1 saturated heterocycles. The number of hydrogen-bond acceptors (Lipinski definition) is 4. The van der Waals surface area contributed by atoms with Gasteiger partial charge in [0.25, 0.3) is 5.91 Å². The van der Waals surface area contributed by atoms with Crippen molar-refractivity contribution in [1.29, 1.82) is 0 Å². The second kappa shape index (κ2) is 6.41. The Balaban J connectivity index is 2.58. The van der Waals surface area contributed by atoms with Gasteiger partial charge in [0.1, 0.15) is 5.75 Å². The molecule has 1 aromatic carbocycles. The van der Waals surface area contributed by atoms with Gasteiger partial charge in [-0.3, -0.25) is 4.79 Å². The van der Waals surface area contributed by atoms with Crippen LogP contribution in [0.3, 0.4) is 0 Å². The van der Waals surface area contributed by atoms with Crippen LogP contribution in [0.1, 0.15) is 58.2 Å². The molecule has 3 N–H and O–H groups in total. The van der Waals surface area contributed by atoms with E-state index in [1.165, 1.54) is 11.8 Å². The standard InChI is InChI=1S/C19H26N2O3S/c1-18(2,3)12-7-11(8-13(15(12)22)19(4,5)6)9-14-16(23)21(10-25-14)17(20)24/h7-9,22H,10H2,1-6H3,(H2,20,24)/b14-9-. The van der Waals surface area contributed by atoms with Crippen molar-refractivity contribution in [2.45, 2.75) is 52.4 Å². The first kappa shape index (κ1) is 19.4. The van der Waals surface area contributed by atoms with E-state index in [4.69, 9.17) is 5.73 Å². The van der Waals surface area contributed by atoms with Crippen molar-refractivity contribution in [3.05, 3.63) is 33.7 Å². The summed E-state index contributed by atoms with van der Waals surface area (Å²) >= 11 is 1.29. The molecule has 5 nitrogen and oxygen atoms in total. The summed E-state index contributed by atoms with van der Waals surface area (Å²) in [6, 6.07) is 3.06. The van der Waals surface area contributed by atoms with E-state index in [0.29, 0.717) is 10.7 Å². The minimum absolute atomic E-state index is 0.232. The van der Waals surface area contributed by atoms with Crippen LogP contribution in [0.5, 0.6) is 5.75 Å². The third kappa shape index (κ3) is 4.00. The fraction of sp³-hybridized carbons (Fsp3) is 0.474. The lowest BCUT2D eigenvalue weighted by atomic mass is 9.78. The van der Waals surface area contributed by atoms with E-state index < -0.39 is 6.03 Å². The molecule has 6 heteroatoms. The smallest absolute Gasteiger partial charge is 0.322 e. The number of carbonyl (C=O) groups excluding carboxylic acids is 2. The number of nitrogens with zero attached hydrogens (tertiary/aromatic N) is 1. The lowest BCUT2D eigenvalue weighted by Crippen LogP contribution is -2.36. The molecule has 136 valence electrons. The molecule has 0 radical (unpaired) electrons. The number of benzene rings is 1. The summed E-state index contributed by atoms with van der Waals surface area (Å²) in [6.07, 6.45) is 1.76. The molecule has 0 bridgehead atoms. The third-order valence-corrected chi connectivity index (χ3v) is 5.11. The van der Waals surface area contributed by atoms with Gasteiger partial charge in [-0.1, -0.05) is 53.3 Å². The van der Waals surface area contributed by atoms with Gasteiger partial charge in [0.2, 0.25) is 0 Å². The van der Waals surface area contributed by atoms with Crippen LogP contribution in [0.25, 0.3) is 6.08 Å². The molecule has 0 spiro atoms. The molecule has 25 heavy (non-hydrogen) atoms. The Morgan fingerprint density at radius 3 is 2.00 bits per heavy atom. The second-order valence-corrected chi connectivity index (χ2v) is 9.30. The van der Waals surface area contributed by atoms with Gasteiger partial charge in [-0.25, -0.2) is 9.69 Å². The maximum Gasteiger partial charge on any atom is 0.322 e. The average molecular weight is 362 g/mol. The number of phenols is 1. The molecular formula is C19H26N2O3S. The number of aromatic hydroxyl groups is 1. The molecule has 1 aliphatic heterocycles. The van der Waals surface area contributed by atoms with Gasteiger partial charge in [-0.15, -0.1) is 0 Å². The van der Waals surface area contributed by atoms with Crippen LogP contribution in [0.4, 0.5) is 4.79 Å². The molecule has 1 fully saturated rings. The highest BCUT2D eigenvalue weighted by atomic mass is 32.2. The van der Waals surface area contributed by atoms with Crippen molar-refractivity contribution in [1.82, 2.24) is 4.90 Å². The summed E-state index contributed by atoms with van der Waals surface area (Å²) in [6.45, 7) is 12.2. The highest BCUT2D eigenvalue weighted by Gasteiger charge is 2.31. The zero-order valence-corrected chi connectivity index (χ0v) is 16.5. The van der Waals surface area contributed by atoms with Crippen LogP contribution < -0.4 is 5.73 Å². The molecular weight excluding hydrogens is 336 g/mol. The van der Waals surface area contributed by atoms with Gasteiger partial charge in [0.15, 0.2) is 0 Å². The van der Waals surface area contributed by atoms with Crippen LogP contribution in [0, 0.1) is 0 Å². The molecule has 0 aromatic heterocycles. The number of imide groups is 1. The number of phenolic OH excluding ortho intramolecular Hbond substituents is 1. The maximum absolute atomic E-state index is 12.3. The molecule has 1 aromatic rings. The Morgan fingerprint density at radius 1 is 1.16 bits per heavy atom. The van der Waals surface area contributed by atoms with Gasteiger partial charge in [-0.05, 0) is 34.6 Å². The summed E-state index contributed by atoms with van der Waals surface area (Å²) in [5, 5.41) is 10.7. The Bertz CT molecular complexity index is 720. The summed E-state index contributed by atoms with van der Waals surface area (Å²) < 4.78 is 0. The van der Waals surface area contributed by atoms with Crippen molar-refractivity contribution in [3.8, 4) is 5.75 Å². The Hall–Kier alpha value is -1.95. The van der Waals surface area contributed by atoms with Crippen molar-refractivity contribution < 1.29 is 14.7 Å². The number of amides is 3. The quantitative estimate of drug-likeness (QED) is 0.741. The number of carbonyl (C=O) groups is 2. The molecule has 1 aliphatic rings. The van der Waals surface area contributed by atoms with E-state index in [2.05, 4.69) is 0 Å². The summed E-state index contributed by atoms with van der Waals surface area (Å²) in [5.41, 5.74) is 7.21. The van der Waals surface area contributed by atoms with E-state index in [1.807, 2.05) is 53.7 Å². The van der Waals surface area contributed by atoms with Crippen LogP contribution in [0.15, 0.2) is 17.0 Å². The minimum Gasteiger partial charge on any atom is -0.507 e. The van der Waals surface area contributed by atoms with E-state index in [-0.39, 0.29) is 22.6 Å². The van der Waals surface area contributed by atoms with Gasteiger partial charge in [-0.2, -0.15) is 0 Å². The van der Waals surface area contributed by atoms with Gasteiger partial charge >= 0.3 is 6.03 Å². The fourth-order valence-electron chi connectivity index (χ4n) is 2.69. The Kier molecular flexibility index (Phi) is 4.97. The normalized spacial score (nSPS) is 17.4. The molecule has 2 rings (SSSR count). The van der Waals surface area contributed by atoms with Crippen LogP contribution >= 0.6 is 11.8 Å². The Labute approximate surface area is 153 Å². The first-order chi connectivity index (χ1) is 11.3.